The Kier molecular flexibility index (Phi) is 5.79. The molecule has 0 aromatic heterocycles. The largest absolute Gasteiger partial charge is 0.480 e. The summed E-state index contributed by atoms with van der Waals surface area (Å²) in [6.07, 6.45) is 3.02. The van der Waals surface area contributed by atoms with Crippen LogP contribution in [0.25, 0.3) is 0 Å². The molecule has 114 valence electrons. The fraction of sp³-hybridized carbons (Fsp3) is 0.769. The van der Waals surface area contributed by atoms with Crippen molar-refractivity contribution < 1.29 is 19.5 Å². The number of carbonyl (C=O) groups is 3. The lowest BCUT2D eigenvalue weighted by atomic mass is 9.78. The van der Waals surface area contributed by atoms with E-state index in [2.05, 4.69) is 24.5 Å². The van der Waals surface area contributed by atoms with E-state index in [1.165, 1.54) is 0 Å². The summed E-state index contributed by atoms with van der Waals surface area (Å²) < 4.78 is 0. The zero-order valence-corrected chi connectivity index (χ0v) is 12.1. The number of urea groups is 1. The summed E-state index contributed by atoms with van der Waals surface area (Å²) in [6, 6.07) is -0.270. The van der Waals surface area contributed by atoms with E-state index in [0.717, 1.165) is 19.3 Å². The quantitative estimate of drug-likeness (QED) is 0.681. The molecule has 20 heavy (non-hydrogen) atoms. The minimum absolute atomic E-state index is 0.201. The molecule has 1 aliphatic heterocycles. The Balaban J connectivity index is 2.27. The van der Waals surface area contributed by atoms with Crippen molar-refractivity contribution in [3.63, 3.8) is 0 Å². The lowest BCUT2D eigenvalue weighted by molar-refractivity contribution is -0.137. The molecule has 7 heteroatoms. The van der Waals surface area contributed by atoms with E-state index in [1.807, 2.05) is 0 Å². The van der Waals surface area contributed by atoms with Gasteiger partial charge in [0.25, 0.3) is 0 Å². The number of hydrogen-bond acceptors (Lipinski definition) is 3. The van der Waals surface area contributed by atoms with Crippen LogP contribution in [-0.2, 0) is 9.59 Å². The SMILES string of the molecule is CCC1(C)CCN(C(=O)NCC(=O)NCC(=O)O)CC1. The average molecular weight is 285 g/mol. The smallest absolute Gasteiger partial charge is 0.322 e. The summed E-state index contributed by atoms with van der Waals surface area (Å²) in [5.74, 6) is -1.62. The highest BCUT2D eigenvalue weighted by atomic mass is 16.4. The number of nitrogens with one attached hydrogen (secondary N) is 2. The first kappa shape index (κ1) is 16.3. The first-order valence-electron chi connectivity index (χ1n) is 6.87. The molecule has 3 amide bonds. The molecule has 0 bridgehead atoms. The highest BCUT2D eigenvalue weighted by molar-refractivity contribution is 5.86. The predicted molar refractivity (Wildman–Crippen MR) is 73.2 cm³/mol. The maximum atomic E-state index is 11.9. The van der Waals surface area contributed by atoms with Crippen molar-refractivity contribution in [2.24, 2.45) is 5.41 Å². The number of carbonyl (C=O) groups excluding carboxylic acids is 2. The molecule has 0 saturated carbocycles. The van der Waals surface area contributed by atoms with Crippen molar-refractivity contribution in [3.05, 3.63) is 0 Å². The topological polar surface area (TPSA) is 98.7 Å². The minimum atomic E-state index is -1.11. The summed E-state index contributed by atoms with van der Waals surface area (Å²) in [6.45, 7) is 5.12. The third kappa shape index (κ3) is 5.07. The number of piperidine rings is 1. The van der Waals surface area contributed by atoms with Crippen LogP contribution in [0.5, 0.6) is 0 Å². The van der Waals surface area contributed by atoms with Crippen LogP contribution in [0.3, 0.4) is 0 Å². The van der Waals surface area contributed by atoms with Crippen LogP contribution in [0.1, 0.15) is 33.1 Å². The van der Waals surface area contributed by atoms with Gasteiger partial charge in [0.05, 0.1) is 6.54 Å². The molecule has 0 aromatic rings. The average Bonchev–Trinajstić information content (AvgIpc) is 2.43. The molecule has 3 N–H and O–H groups in total. The maximum Gasteiger partial charge on any atom is 0.322 e. The van der Waals surface area contributed by atoms with Crippen molar-refractivity contribution in [1.29, 1.82) is 0 Å². The highest BCUT2D eigenvalue weighted by Gasteiger charge is 2.30. The lowest BCUT2D eigenvalue weighted by Gasteiger charge is -2.38. The Hall–Kier alpha value is -1.79. The number of carboxylic acids is 1. The van der Waals surface area contributed by atoms with Gasteiger partial charge in [0, 0.05) is 13.1 Å². The maximum absolute atomic E-state index is 11.9. The zero-order chi connectivity index (χ0) is 15.2. The van der Waals surface area contributed by atoms with Crippen LogP contribution >= 0.6 is 0 Å². The first-order chi connectivity index (χ1) is 9.36. The Bertz CT molecular complexity index is 376. The molecular weight excluding hydrogens is 262 g/mol. The van der Waals surface area contributed by atoms with E-state index in [4.69, 9.17) is 5.11 Å². The van der Waals surface area contributed by atoms with Gasteiger partial charge in [-0.3, -0.25) is 9.59 Å². The van der Waals surface area contributed by atoms with Crippen molar-refractivity contribution in [3.8, 4) is 0 Å². The summed E-state index contributed by atoms with van der Waals surface area (Å²) in [5, 5.41) is 13.1. The number of aliphatic carboxylic acids is 1. The van der Waals surface area contributed by atoms with Crippen LogP contribution in [0, 0.1) is 5.41 Å². The second-order valence-corrected chi connectivity index (χ2v) is 5.48. The third-order valence-electron chi connectivity index (χ3n) is 3.95. The van der Waals surface area contributed by atoms with Crippen LogP contribution < -0.4 is 10.6 Å². The molecule has 0 spiro atoms. The summed E-state index contributed by atoms with van der Waals surface area (Å²) >= 11 is 0. The van der Waals surface area contributed by atoms with E-state index in [-0.39, 0.29) is 12.6 Å². The normalized spacial score (nSPS) is 17.4. The number of nitrogens with zero attached hydrogens (tertiary/aromatic N) is 1. The fourth-order valence-corrected chi connectivity index (χ4v) is 2.11. The van der Waals surface area contributed by atoms with Crippen LogP contribution in [0.15, 0.2) is 0 Å². The summed E-state index contributed by atoms with van der Waals surface area (Å²) in [7, 11) is 0. The van der Waals surface area contributed by atoms with Gasteiger partial charge in [0.2, 0.25) is 5.91 Å². The second kappa shape index (κ2) is 7.12. The van der Waals surface area contributed by atoms with E-state index >= 15 is 0 Å². The molecule has 7 nitrogen and oxygen atoms in total. The van der Waals surface area contributed by atoms with Crippen molar-refractivity contribution in [2.75, 3.05) is 26.2 Å². The van der Waals surface area contributed by atoms with Crippen molar-refractivity contribution in [1.82, 2.24) is 15.5 Å². The molecule has 1 saturated heterocycles. The molecule has 1 aliphatic rings. The summed E-state index contributed by atoms with van der Waals surface area (Å²) in [4.78, 5) is 35.1. The van der Waals surface area contributed by atoms with Crippen LogP contribution in [0.4, 0.5) is 4.79 Å². The standard InChI is InChI=1S/C13H23N3O4/c1-3-13(2)4-6-16(7-5-13)12(20)15-8-10(17)14-9-11(18)19/h3-9H2,1-2H3,(H,14,17)(H,15,20)(H,18,19). The van der Waals surface area contributed by atoms with Gasteiger partial charge in [0.1, 0.15) is 6.54 Å². The highest BCUT2D eigenvalue weighted by Crippen LogP contribution is 2.33. The van der Waals surface area contributed by atoms with Crippen LogP contribution in [-0.4, -0.2) is 54.1 Å². The van der Waals surface area contributed by atoms with Gasteiger partial charge in [-0.25, -0.2) is 4.79 Å². The number of likely N-dealkylation sites (tertiary alicyclic amines) is 1. The minimum Gasteiger partial charge on any atom is -0.480 e. The molecule has 1 rings (SSSR count). The van der Waals surface area contributed by atoms with Gasteiger partial charge < -0.3 is 20.6 Å². The van der Waals surface area contributed by atoms with Gasteiger partial charge in [-0.1, -0.05) is 20.3 Å². The van der Waals surface area contributed by atoms with Gasteiger partial charge in [-0.2, -0.15) is 0 Å². The van der Waals surface area contributed by atoms with E-state index in [0.29, 0.717) is 18.5 Å². The van der Waals surface area contributed by atoms with E-state index < -0.39 is 18.4 Å². The molecule has 0 unspecified atom stereocenters. The molecule has 0 aromatic carbocycles. The number of carboxylic acid groups (broad SMARTS) is 1. The van der Waals surface area contributed by atoms with Crippen molar-refractivity contribution >= 4 is 17.9 Å². The van der Waals surface area contributed by atoms with Crippen LogP contribution in [0.2, 0.25) is 0 Å². The molecule has 0 atom stereocenters. The fourth-order valence-electron chi connectivity index (χ4n) is 2.11. The second-order valence-electron chi connectivity index (χ2n) is 5.48. The number of amides is 3. The first-order valence-corrected chi connectivity index (χ1v) is 6.87. The molecule has 0 aliphatic carbocycles. The van der Waals surface area contributed by atoms with E-state index in [1.54, 1.807) is 4.90 Å². The number of rotatable bonds is 5. The molecule has 1 heterocycles. The molecular formula is C13H23N3O4. The zero-order valence-electron chi connectivity index (χ0n) is 12.1. The number of hydrogen-bond donors (Lipinski definition) is 3. The lowest BCUT2D eigenvalue weighted by Crippen LogP contribution is -2.49. The third-order valence-corrected chi connectivity index (χ3v) is 3.95. The van der Waals surface area contributed by atoms with Gasteiger partial charge in [-0.15, -0.1) is 0 Å². The predicted octanol–water partition coefficient (Wildman–Crippen LogP) is 0.409. The Morgan fingerprint density at radius 1 is 1.15 bits per heavy atom. The Morgan fingerprint density at radius 2 is 1.75 bits per heavy atom. The van der Waals surface area contributed by atoms with Gasteiger partial charge in [0.15, 0.2) is 0 Å². The molecule has 0 radical (unpaired) electrons. The van der Waals surface area contributed by atoms with E-state index in [9.17, 15) is 14.4 Å². The Labute approximate surface area is 118 Å². The monoisotopic (exact) mass is 285 g/mol. The van der Waals surface area contributed by atoms with Crippen molar-refractivity contribution in [2.45, 2.75) is 33.1 Å². The van der Waals surface area contributed by atoms with Gasteiger partial charge in [-0.05, 0) is 18.3 Å². The Morgan fingerprint density at radius 3 is 2.25 bits per heavy atom. The van der Waals surface area contributed by atoms with Gasteiger partial charge >= 0.3 is 12.0 Å². The summed E-state index contributed by atoms with van der Waals surface area (Å²) in [5.41, 5.74) is 0.301. The molecule has 1 fully saturated rings.